The molecule has 1 heterocycles. The van der Waals surface area contributed by atoms with E-state index in [4.69, 9.17) is 5.73 Å². The molecule has 0 radical (unpaired) electrons. The first-order chi connectivity index (χ1) is 10.5. The third-order valence-corrected chi connectivity index (χ3v) is 6.06. The number of hydrogen-bond donors (Lipinski definition) is 1. The number of piperidine rings is 1. The van der Waals surface area contributed by atoms with Gasteiger partial charge in [0.2, 0.25) is 10.0 Å². The van der Waals surface area contributed by atoms with E-state index in [1.165, 1.54) is 0 Å². The van der Waals surface area contributed by atoms with E-state index < -0.39 is 32.5 Å². The first-order valence-corrected chi connectivity index (χ1v) is 8.60. The number of benzene rings is 1. The second-order valence-corrected chi connectivity index (χ2v) is 7.65. The van der Waals surface area contributed by atoms with Crippen LogP contribution in [0.15, 0.2) is 23.1 Å². The molecule has 1 unspecified atom stereocenters. The van der Waals surface area contributed by atoms with Crippen LogP contribution in [-0.2, 0) is 16.2 Å². The smallest absolute Gasteiger partial charge is 0.328 e. The number of nitrogens with two attached hydrogens (primary N) is 1. The third-order valence-electron chi connectivity index (χ3n) is 4.11. The monoisotopic (exact) mass is 390 g/mol. The maximum Gasteiger partial charge on any atom is 0.417 e. The molecule has 1 aromatic rings. The summed E-state index contributed by atoms with van der Waals surface area (Å²) in [4.78, 5) is -0.911. The van der Waals surface area contributed by atoms with E-state index in [-0.39, 0.29) is 43.5 Å². The molecule has 24 heavy (non-hydrogen) atoms. The van der Waals surface area contributed by atoms with Crippen molar-refractivity contribution >= 4 is 22.4 Å². The van der Waals surface area contributed by atoms with Crippen molar-refractivity contribution in [1.29, 1.82) is 0 Å². The van der Waals surface area contributed by atoms with Crippen molar-refractivity contribution in [3.05, 3.63) is 29.6 Å². The summed E-state index contributed by atoms with van der Waals surface area (Å²) in [7, 11) is -4.34. The van der Waals surface area contributed by atoms with Gasteiger partial charge in [0, 0.05) is 19.1 Å². The molecule has 138 valence electrons. The summed E-state index contributed by atoms with van der Waals surface area (Å²) in [5, 5.41) is 0. The number of alkyl halides is 3. The highest BCUT2D eigenvalue weighted by Crippen LogP contribution is 2.36. The molecule has 0 saturated carbocycles. The largest absolute Gasteiger partial charge is 0.417 e. The fraction of sp³-hybridized carbons (Fsp3) is 0.571. The summed E-state index contributed by atoms with van der Waals surface area (Å²) in [5.74, 6) is -0.997. The van der Waals surface area contributed by atoms with Crippen molar-refractivity contribution in [2.24, 2.45) is 11.7 Å². The van der Waals surface area contributed by atoms with Gasteiger partial charge in [-0.25, -0.2) is 12.8 Å². The fourth-order valence-corrected chi connectivity index (χ4v) is 4.39. The number of hydrogen-bond acceptors (Lipinski definition) is 3. The number of halogens is 5. The average Bonchev–Trinajstić information content (AvgIpc) is 2.46. The van der Waals surface area contributed by atoms with Crippen LogP contribution < -0.4 is 5.73 Å². The van der Waals surface area contributed by atoms with Crippen LogP contribution in [0.3, 0.4) is 0 Å². The molecule has 1 aliphatic rings. The minimum Gasteiger partial charge on any atom is -0.328 e. The zero-order valence-electron chi connectivity index (χ0n) is 12.9. The van der Waals surface area contributed by atoms with Crippen LogP contribution in [0.25, 0.3) is 0 Å². The van der Waals surface area contributed by atoms with Gasteiger partial charge in [0.15, 0.2) is 0 Å². The number of nitrogens with zero attached hydrogens (tertiary/aromatic N) is 1. The van der Waals surface area contributed by atoms with Gasteiger partial charge in [0.1, 0.15) is 5.82 Å². The summed E-state index contributed by atoms with van der Waals surface area (Å²) >= 11 is 0. The Morgan fingerprint density at radius 3 is 2.25 bits per heavy atom. The molecule has 1 aromatic carbocycles. The van der Waals surface area contributed by atoms with E-state index in [1.807, 2.05) is 6.92 Å². The number of rotatable bonds is 3. The zero-order chi connectivity index (χ0) is 17.4. The lowest BCUT2D eigenvalue weighted by Crippen LogP contribution is -2.42. The molecule has 10 heteroatoms. The summed E-state index contributed by atoms with van der Waals surface area (Å²) < 4.78 is 78.2. The molecule has 1 fully saturated rings. The van der Waals surface area contributed by atoms with Gasteiger partial charge in [-0.05, 0) is 43.9 Å². The molecule has 0 spiro atoms. The van der Waals surface area contributed by atoms with Crippen molar-refractivity contribution < 1.29 is 26.0 Å². The molecular formula is C14H19ClF4N2O2S. The van der Waals surface area contributed by atoms with Crippen LogP contribution in [-0.4, -0.2) is 31.9 Å². The Balaban J connectivity index is 0.00000288. The highest BCUT2D eigenvalue weighted by molar-refractivity contribution is 7.89. The normalized spacial score (nSPS) is 18.9. The predicted molar refractivity (Wildman–Crippen MR) is 83.8 cm³/mol. The van der Waals surface area contributed by atoms with E-state index in [9.17, 15) is 26.0 Å². The molecule has 2 rings (SSSR count). The summed E-state index contributed by atoms with van der Waals surface area (Å²) in [6.07, 6.45) is -3.98. The van der Waals surface area contributed by atoms with Crippen molar-refractivity contribution in [1.82, 2.24) is 4.31 Å². The highest BCUT2D eigenvalue weighted by atomic mass is 35.5. The van der Waals surface area contributed by atoms with Crippen molar-refractivity contribution in [3.8, 4) is 0 Å². The molecule has 0 aliphatic carbocycles. The maximum absolute atomic E-state index is 13.1. The summed E-state index contributed by atoms with van der Waals surface area (Å²) in [5.41, 5.74) is 4.29. The van der Waals surface area contributed by atoms with E-state index in [1.54, 1.807) is 0 Å². The molecule has 2 N–H and O–H groups in total. The highest BCUT2D eigenvalue weighted by Gasteiger charge is 2.40. The van der Waals surface area contributed by atoms with Gasteiger partial charge in [-0.3, -0.25) is 0 Å². The van der Waals surface area contributed by atoms with Gasteiger partial charge < -0.3 is 5.73 Å². The van der Waals surface area contributed by atoms with E-state index >= 15 is 0 Å². The predicted octanol–water partition coefficient (Wildman–Crippen LogP) is 3.01. The molecule has 0 aromatic heterocycles. The summed E-state index contributed by atoms with van der Waals surface area (Å²) in [6.45, 7) is 2.02. The second-order valence-electron chi connectivity index (χ2n) is 5.74. The molecule has 1 saturated heterocycles. The first kappa shape index (κ1) is 21.1. The van der Waals surface area contributed by atoms with Crippen LogP contribution in [0.4, 0.5) is 17.6 Å². The van der Waals surface area contributed by atoms with E-state index in [0.29, 0.717) is 18.9 Å². The SMILES string of the molecule is CC(N)C1CCN(S(=O)(=O)c2ccc(F)cc2C(F)(F)F)CC1.Cl. The van der Waals surface area contributed by atoms with Gasteiger partial charge in [0.25, 0.3) is 0 Å². The average molecular weight is 391 g/mol. The molecule has 4 nitrogen and oxygen atoms in total. The molecule has 0 bridgehead atoms. The lowest BCUT2D eigenvalue weighted by atomic mass is 9.92. The Kier molecular flexibility index (Phi) is 6.65. The minimum atomic E-state index is -4.95. The Hall–Kier alpha value is -0.900. The first-order valence-electron chi connectivity index (χ1n) is 7.16. The Bertz CT molecular complexity index is 672. The number of sulfonamides is 1. The topological polar surface area (TPSA) is 63.4 Å². The molecular weight excluding hydrogens is 372 g/mol. The van der Waals surface area contributed by atoms with Crippen molar-refractivity contribution in [3.63, 3.8) is 0 Å². The van der Waals surface area contributed by atoms with Gasteiger partial charge in [0.05, 0.1) is 10.5 Å². The fourth-order valence-electron chi connectivity index (χ4n) is 2.73. The molecule has 0 amide bonds. The van der Waals surface area contributed by atoms with Crippen LogP contribution in [0.1, 0.15) is 25.3 Å². The molecule has 1 atom stereocenters. The Morgan fingerprint density at radius 1 is 1.25 bits per heavy atom. The van der Waals surface area contributed by atoms with E-state index in [2.05, 4.69) is 0 Å². The Morgan fingerprint density at radius 2 is 1.79 bits per heavy atom. The quantitative estimate of drug-likeness (QED) is 0.807. The Labute approximate surface area is 144 Å². The molecule has 1 aliphatic heterocycles. The van der Waals surface area contributed by atoms with Gasteiger partial charge >= 0.3 is 6.18 Å². The second kappa shape index (κ2) is 7.55. The van der Waals surface area contributed by atoms with Crippen LogP contribution in [0.5, 0.6) is 0 Å². The maximum atomic E-state index is 13.1. The lowest BCUT2D eigenvalue weighted by Gasteiger charge is -2.33. The third kappa shape index (κ3) is 4.38. The zero-order valence-corrected chi connectivity index (χ0v) is 14.5. The standard InChI is InChI=1S/C14H18F4N2O2S.ClH/c1-9(19)10-4-6-20(7-5-10)23(21,22)13-3-2-11(15)8-12(13)14(16,17)18;/h2-3,8-10H,4-7,19H2,1H3;1H. The van der Waals surface area contributed by atoms with Crippen LogP contribution >= 0.6 is 12.4 Å². The van der Waals surface area contributed by atoms with Gasteiger partial charge in [-0.2, -0.15) is 17.5 Å². The van der Waals surface area contributed by atoms with Crippen molar-refractivity contribution in [2.75, 3.05) is 13.1 Å². The van der Waals surface area contributed by atoms with Crippen LogP contribution in [0.2, 0.25) is 0 Å². The van der Waals surface area contributed by atoms with Gasteiger partial charge in [-0.1, -0.05) is 0 Å². The minimum absolute atomic E-state index is 0. The van der Waals surface area contributed by atoms with Crippen molar-refractivity contribution in [2.45, 2.75) is 36.9 Å². The van der Waals surface area contributed by atoms with E-state index in [0.717, 1.165) is 10.4 Å². The lowest BCUT2D eigenvalue weighted by molar-refractivity contribution is -0.140. The summed E-state index contributed by atoms with van der Waals surface area (Å²) in [6, 6.07) is 1.50. The van der Waals surface area contributed by atoms with Crippen LogP contribution in [0, 0.1) is 11.7 Å². The van der Waals surface area contributed by atoms with Gasteiger partial charge in [-0.15, -0.1) is 12.4 Å².